The van der Waals surface area contributed by atoms with Crippen LogP contribution in [0.15, 0.2) is 23.1 Å². The first-order valence-corrected chi connectivity index (χ1v) is 7.49. The first-order chi connectivity index (χ1) is 8.74. The molecule has 7 heteroatoms. The van der Waals surface area contributed by atoms with Gasteiger partial charge in [0.05, 0.1) is 11.3 Å². The molecule has 0 atom stereocenters. The Balaban J connectivity index is 2.96. The van der Waals surface area contributed by atoms with Gasteiger partial charge in [-0.2, -0.15) is 0 Å². The van der Waals surface area contributed by atoms with Crippen LogP contribution in [0.4, 0.5) is 10.1 Å². The van der Waals surface area contributed by atoms with Crippen molar-refractivity contribution in [3.05, 3.63) is 24.0 Å². The number of sulfonamides is 1. The Kier molecular flexibility index (Phi) is 4.89. The van der Waals surface area contributed by atoms with Gasteiger partial charge in [-0.3, -0.25) is 0 Å². The van der Waals surface area contributed by atoms with Crippen molar-refractivity contribution in [3.63, 3.8) is 0 Å². The molecule has 0 aliphatic rings. The Morgan fingerprint density at radius 1 is 1.37 bits per heavy atom. The minimum absolute atomic E-state index is 0.0366. The second kappa shape index (κ2) is 5.85. The average molecular weight is 290 g/mol. The smallest absolute Gasteiger partial charge is 0.242 e. The largest absolute Gasteiger partial charge is 0.398 e. The molecule has 0 heterocycles. The number of hydrogen-bond donors (Lipinski definition) is 3. The minimum atomic E-state index is -3.94. The zero-order valence-electron chi connectivity index (χ0n) is 11.0. The van der Waals surface area contributed by atoms with E-state index in [1.165, 1.54) is 6.07 Å². The summed E-state index contributed by atoms with van der Waals surface area (Å²) in [5, 5.41) is 10.0. The molecule has 0 radical (unpaired) electrons. The van der Waals surface area contributed by atoms with Crippen molar-refractivity contribution < 1.29 is 17.9 Å². The molecular weight excluding hydrogens is 271 g/mol. The summed E-state index contributed by atoms with van der Waals surface area (Å²) in [6.45, 7) is 3.38. The van der Waals surface area contributed by atoms with Crippen LogP contribution in [-0.2, 0) is 10.0 Å². The molecule has 0 amide bonds. The number of anilines is 1. The molecule has 0 fully saturated rings. The summed E-state index contributed by atoms with van der Waals surface area (Å²) in [5.74, 6) is -0.684. The summed E-state index contributed by atoms with van der Waals surface area (Å²) in [4.78, 5) is -0.318. The third-order valence-electron chi connectivity index (χ3n) is 3.17. The van der Waals surface area contributed by atoms with Crippen LogP contribution in [0.25, 0.3) is 0 Å². The van der Waals surface area contributed by atoms with Crippen molar-refractivity contribution in [3.8, 4) is 0 Å². The lowest BCUT2D eigenvalue weighted by Crippen LogP contribution is -2.42. The third kappa shape index (κ3) is 3.89. The van der Waals surface area contributed by atoms with Crippen molar-refractivity contribution in [2.75, 3.05) is 12.3 Å². The maximum absolute atomic E-state index is 13.1. The number of nitrogens with one attached hydrogen (secondary N) is 1. The first-order valence-electron chi connectivity index (χ1n) is 6.01. The van der Waals surface area contributed by atoms with E-state index < -0.39 is 21.4 Å². The molecule has 1 aromatic carbocycles. The van der Waals surface area contributed by atoms with Crippen LogP contribution in [0.3, 0.4) is 0 Å². The van der Waals surface area contributed by atoms with Crippen molar-refractivity contribution in [2.24, 2.45) is 0 Å². The van der Waals surface area contributed by atoms with Crippen LogP contribution in [0.1, 0.15) is 26.7 Å². The number of benzene rings is 1. The fraction of sp³-hybridized carbons (Fsp3) is 0.500. The third-order valence-corrected chi connectivity index (χ3v) is 4.63. The van der Waals surface area contributed by atoms with Crippen LogP contribution in [-0.4, -0.2) is 25.7 Å². The summed E-state index contributed by atoms with van der Waals surface area (Å²) in [7, 11) is -3.94. The molecule has 108 valence electrons. The predicted molar refractivity (Wildman–Crippen MR) is 71.5 cm³/mol. The molecule has 0 aromatic heterocycles. The normalized spacial score (nSPS) is 12.6. The van der Waals surface area contributed by atoms with E-state index in [1.807, 2.05) is 0 Å². The highest BCUT2D eigenvalue weighted by Gasteiger charge is 2.26. The number of aliphatic hydroxyl groups is 1. The number of halogens is 1. The van der Waals surface area contributed by atoms with Crippen molar-refractivity contribution >= 4 is 15.7 Å². The van der Waals surface area contributed by atoms with E-state index in [1.54, 1.807) is 13.8 Å². The number of hydrogen-bond acceptors (Lipinski definition) is 4. The van der Waals surface area contributed by atoms with Gasteiger partial charge in [-0.25, -0.2) is 17.5 Å². The van der Waals surface area contributed by atoms with Crippen molar-refractivity contribution in [1.82, 2.24) is 4.72 Å². The standard InChI is InChI=1S/C12H19FN2O3S/c1-3-12(16,4-2)8-15-19(17,18)11-7-9(13)5-6-10(11)14/h5-7,15-16H,3-4,8,14H2,1-2H3. The molecule has 1 rings (SSSR count). The van der Waals surface area contributed by atoms with Crippen LogP contribution in [0.2, 0.25) is 0 Å². The van der Waals surface area contributed by atoms with E-state index in [4.69, 9.17) is 5.73 Å². The zero-order valence-corrected chi connectivity index (χ0v) is 11.8. The summed E-state index contributed by atoms with van der Waals surface area (Å²) in [5.41, 5.74) is 4.38. The van der Waals surface area contributed by atoms with Crippen molar-refractivity contribution in [2.45, 2.75) is 37.2 Å². The summed E-state index contributed by atoms with van der Waals surface area (Å²) >= 11 is 0. The SMILES string of the molecule is CCC(O)(CC)CNS(=O)(=O)c1cc(F)ccc1N. The number of nitrogen functional groups attached to an aromatic ring is 1. The van der Waals surface area contributed by atoms with Gasteiger partial charge in [0, 0.05) is 6.54 Å². The zero-order chi connectivity index (χ0) is 14.7. The topological polar surface area (TPSA) is 92.4 Å². The molecular formula is C12H19FN2O3S. The van der Waals surface area contributed by atoms with Gasteiger partial charge >= 0.3 is 0 Å². The van der Waals surface area contributed by atoms with Gasteiger partial charge < -0.3 is 10.8 Å². The van der Waals surface area contributed by atoms with Crippen LogP contribution >= 0.6 is 0 Å². The van der Waals surface area contributed by atoms with Crippen LogP contribution in [0.5, 0.6) is 0 Å². The van der Waals surface area contributed by atoms with Crippen molar-refractivity contribution in [1.29, 1.82) is 0 Å². The van der Waals surface area contributed by atoms with Crippen LogP contribution in [0, 0.1) is 5.82 Å². The van der Waals surface area contributed by atoms with Crippen LogP contribution < -0.4 is 10.5 Å². The highest BCUT2D eigenvalue weighted by Crippen LogP contribution is 2.20. The van der Waals surface area contributed by atoms with E-state index in [2.05, 4.69) is 4.72 Å². The van der Waals surface area contributed by atoms with E-state index in [-0.39, 0.29) is 17.1 Å². The van der Waals surface area contributed by atoms with Gasteiger partial charge in [-0.15, -0.1) is 0 Å². The van der Waals surface area contributed by atoms with Gasteiger partial charge in [0.15, 0.2) is 0 Å². The first kappa shape index (κ1) is 15.9. The molecule has 4 N–H and O–H groups in total. The molecule has 0 saturated heterocycles. The molecule has 19 heavy (non-hydrogen) atoms. The number of nitrogens with two attached hydrogens (primary N) is 1. The molecule has 1 aromatic rings. The maximum atomic E-state index is 13.1. The quantitative estimate of drug-likeness (QED) is 0.687. The van der Waals surface area contributed by atoms with E-state index >= 15 is 0 Å². The molecule has 0 aliphatic heterocycles. The lowest BCUT2D eigenvalue weighted by molar-refractivity contribution is 0.0377. The van der Waals surface area contributed by atoms with Gasteiger partial charge in [-0.1, -0.05) is 13.8 Å². The minimum Gasteiger partial charge on any atom is -0.398 e. The summed E-state index contributed by atoms with van der Waals surface area (Å²) in [6.07, 6.45) is 0.815. The Morgan fingerprint density at radius 3 is 2.47 bits per heavy atom. The highest BCUT2D eigenvalue weighted by molar-refractivity contribution is 7.89. The molecule has 5 nitrogen and oxygen atoms in total. The van der Waals surface area contributed by atoms with Gasteiger partial charge in [0.2, 0.25) is 10.0 Å². The maximum Gasteiger partial charge on any atom is 0.242 e. The Hall–Kier alpha value is -1.18. The molecule has 0 bridgehead atoms. The predicted octanol–water partition coefficient (Wildman–Crippen LogP) is 1.24. The average Bonchev–Trinajstić information content (AvgIpc) is 2.39. The molecule has 0 unspecified atom stereocenters. The van der Waals surface area contributed by atoms with E-state index in [0.717, 1.165) is 12.1 Å². The van der Waals surface area contributed by atoms with E-state index in [0.29, 0.717) is 12.8 Å². The monoisotopic (exact) mass is 290 g/mol. The van der Waals surface area contributed by atoms with Gasteiger partial charge in [0.25, 0.3) is 0 Å². The molecule has 0 spiro atoms. The summed E-state index contributed by atoms with van der Waals surface area (Å²) < 4.78 is 39.4. The Labute approximate surface area is 112 Å². The van der Waals surface area contributed by atoms with Gasteiger partial charge in [0.1, 0.15) is 10.7 Å². The highest BCUT2D eigenvalue weighted by atomic mass is 32.2. The lowest BCUT2D eigenvalue weighted by atomic mass is 9.98. The van der Waals surface area contributed by atoms with E-state index in [9.17, 15) is 17.9 Å². The second-order valence-electron chi connectivity index (χ2n) is 4.44. The van der Waals surface area contributed by atoms with Gasteiger partial charge in [-0.05, 0) is 31.0 Å². The molecule has 0 saturated carbocycles. The Bertz CT molecular complexity index is 542. The number of rotatable bonds is 6. The second-order valence-corrected chi connectivity index (χ2v) is 6.17. The molecule has 0 aliphatic carbocycles. The lowest BCUT2D eigenvalue weighted by Gasteiger charge is -2.25. The fourth-order valence-corrected chi connectivity index (χ4v) is 2.81. The Morgan fingerprint density at radius 2 is 1.95 bits per heavy atom. The summed E-state index contributed by atoms with van der Waals surface area (Å²) in [6, 6.07) is 3.13. The fourth-order valence-electron chi connectivity index (χ4n) is 1.55.